The summed E-state index contributed by atoms with van der Waals surface area (Å²) in [7, 11) is 3.49. The first-order chi connectivity index (χ1) is 11.1. The number of aromatic nitrogens is 2. The highest BCUT2D eigenvalue weighted by Crippen LogP contribution is 2.21. The van der Waals surface area contributed by atoms with Gasteiger partial charge in [-0.2, -0.15) is 4.98 Å². The number of benzene rings is 1. The molecule has 6 nitrogen and oxygen atoms in total. The first-order valence-electron chi connectivity index (χ1n) is 7.25. The average Bonchev–Trinajstić information content (AvgIpc) is 2.57. The molecule has 0 bridgehead atoms. The summed E-state index contributed by atoms with van der Waals surface area (Å²) >= 11 is 0. The molecule has 122 valence electrons. The monoisotopic (exact) mass is 318 g/mol. The van der Waals surface area contributed by atoms with Crippen molar-refractivity contribution >= 4 is 11.7 Å². The van der Waals surface area contributed by atoms with Crippen LogP contribution >= 0.6 is 0 Å². The van der Waals surface area contributed by atoms with Crippen LogP contribution in [0.25, 0.3) is 0 Å². The number of carbonyl (C=O) groups excluding carboxylic acids is 1. The molecule has 1 aromatic carbocycles. The summed E-state index contributed by atoms with van der Waals surface area (Å²) in [6.45, 7) is 0.669. The van der Waals surface area contributed by atoms with Gasteiger partial charge in [-0.1, -0.05) is 0 Å². The topological polar surface area (TPSA) is 67.4 Å². The van der Waals surface area contributed by atoms with E-state index < -0.39 is 0 Å². The highest BCUT2D eigenvalue weighted by molar-refractivity contribution is 5.75. The third kappa shape index (κ3) is 5.21. The van der Waals surface area contributed by atoms with E-state index in [0.29, 0.717) is 36.8 Å². The first kappa shape index (κ1) is 16.7. The molecule has 1 aromatic heterocycles. The fourth-order valence-corrected chi connectivity index (χ4v) is 1.91. The van der Waals surface area contributed by atoms with Gasteiger partial charge in [0.15, 0.2) is 5.82 Å². The molecule has 7 heteroatoms. The van der Waals surface area contributed by atoms with Gasteiger partial charge in [-0.3, -0.25) is 9.78 Å². The molecule has 1 amide bonds. The third-order valence-corrected chi connectivity index (χ3v) is 3.20. The molecule has 0 saturated heterocycles. The molecule has 2 aromatic rings. The summed E-state index contributed by atoms with van der Waals surface area (Å²) in [5, 5.41) is 2.59. The van der Waals surface area contributed by atoms with Crippen molar-refractivity contribution in [2.24, 2.45) is 0 Å². The van der Waals surface area contributed by atoms with E-state index in [1.807, 2.05) is 11.9 Å². The number of hydrogen-bond donors (Lipinski definition) is 1. The second kappa shape index (κ2) is 8.07. The standard InChI is InChI=1S/C16H19FN4O2/c1-18-15(22)4-3-9-21(2)14-10-19-11-16(20-14)23-13-7-5-12(17)6-8-13/h5-8,10-11H,3-4,9H2,1-2H3,(H,18,22). The van der Waals surface area contributed by atoms with E-state index in [1.165, 1.54) is 30.5 Å². The van der Waals surface area contributed by atoms with Crippen LogP contribution in [-0.4, -0.2) is 36.5 Å². The summed E-state index contributed by atoms with van der Waals surface area (Å²) in [5.74, 6) is 1.14. The summed E-state index contributed by atoms with van der Waals surface area (Å²) in [4.78, 5) is 21.6. The first-order valence-corrected chi connectivity index (χ1v) is 7.25. The molecule has 0 fully saturated rings. The Morgan fingerprint density at radius 1 is 1.30 bits per heavy atom. The normalized spacial score (nSPS) is 10.2. The maximum Gasteiger partial charge on any atom is 0.239 e. The molecule has 23 heavy (non-hydrogen) atoms. The van der Waals surface area contributed by atoms with Gasteiger partial charge in [-0.25, -0.2) is 4.39 Å². The minimum absolute atomic E-state index is 0.0119. The summed E-state index contributed by atoms with van der Waals surface area (Å²) < 4.78 is 18.4. The molecular weight excluding hydrogens is 299 g/mol. The van der Waals surface area contributed by atoms with Gasteiger partial charge >= 0.3 is 0 Å². The van der Waals surface area contributed by atoms with Crippen molar-refractivity contribution in [2.45, 2.75) is 12.8 Å². The van der Waals surface area contributed by atoms with Crippen LogP contribution in [0.3, 0.4) is 0 Å². The molecule has 0 aliphatic carbocycles. The van der Waals surface area contributed by atoms with Gasteiger partial charge in [0.2, 0.25) is 11.8 Å². The Kier molecular flexibility index (Phi) is 5.85. The van der Waals surface area contributed by atoms with Gasteiger partial charge < -0.3 is 15.0 Å². The lowest BCUT2D eigenvalue weighted by Gasteiger charge is -2.18. The molecule has 0 aliphatic heterocycles. The minimum atomic E-state index is -0.326. The van der Waals surface area contributed by atoms with E-state index in [4.69, 9.17) is 4.74 Å². The summed E-state index contributed by atoms with van der Waals surface area (Å²) in [6, 6.07) is 5.68. The second-order valence-electron chi connectivity index (χ2n) is 4.97. The van der Waals surface area contributed by atoms with E-state index in [2.05, 4.69) is 15.3 Å². The average molecular weight is 318 g/mol. The molecule has 2 rings (SSSR count). The van der Waals surface area contributed by atoms with Crippen LogP contribution < -0.4 is 15.0 Å². The lowest BCUT2D eigenvalue weighted by Crippen LogP contribution is -2.23. The van der Waals surface area contributed by atoms with E-state index in [0.717, 1.165) is 0 Å². The Morgan fingerprint density at radius 3 is 2.74 bits per heavy atom. The molecule has 0 radical (unpaired) electrons. The molecule has 0 aliphatic rings. The van der Waals surface area contributed by atoms with Crippen molar-refractivity contribution in [1.82, 2.24) is 15.3 Å². The Balaban J connectivity index is 1.95. The van der Waals surface area contributed by atoms with Crippen LogP contribution in [-0.2, 0) is 4.79 Å². The highest BCUT2D eigenvalue weighted by Gasteiger charge is 2.07. The van der Waals surface area contributed by atoms with Crippen LogP contribution in [0.5, 0.6) is 11.6 Å². The number of anilines is 1. The van der Waals surface area contributed by atoms with E-state index in [1.54, 1.807) is 13.2 Å². The van der Waals surface area contributed by atoms with Crippen molar-refractivity contribution in [1.29, 1.82) is 0 Å². The minimum Gasteiger partial charge on any atom is -0.437 e. The maximum atomic E-state index is 12.9. The van der Waals surface area contributed by atoms with Gasteiger partial charge in [-0.05, 0) is 30.7 Å². The second-order valence-corrected chi connectivity index (χ2v) is 4.97. The van der Waals surface area contributed by atoms with Gasteiger partial charge in [0.05, 0.1) is 12.4 Å². The van der Waals surface area contributed by atoms with Crippen LogP contribution in [0.15, 0.2) is 36.7 Å². The highest BCUT2D eigenvalue weighted by atomic mass is 19.1. The van der Waals surface area contributed by atoms with E-state index in [9.17, 15) is 9.18 Å². The van der Waals surface area contributed by atoms with Crippen molar-refractivity contribution < 1.29 is 13.9 Å². The zero-order chi connectivity index (χ0) is 16.7. The number of hydrogen-bond acceptors (Lipinski definition) is 5. The third-order valence-electron chi connectivity index (χ3n) is 3.20. The number of carbonyl (C=O) groups is 1. The number of halogens is 1. The zero-order valence-electron chi connectivity index (χ0n) is 13.1. The fourth-order valence-electron chi connectivity index (χ4n) is 1.91. The fraction of sp³-hybridized carbons (Fsp3) is 0.312. The lowest BCUT2D eigenvalue weighted by molar-refractivity contribution is -0.120. The van der Waals surface area contributed by atoms with Gasteiger partial charge in [-0.15, -0.1) is 0 Å². The molecule has 1 N–H and O–H groups in total. The van der Waals surface area contributed by atoms with Gasteiger partial charge in [0, 0.05) is 27.1 Å². The summed E-state index contributed by atoms with van der Waals surface area (Å²) in [5.41, 5.74) is 0. The maximum absolute atomic E-state index is 12.9. The predicted octanol–water partition coefficient (Wildman–Crippen LogP) is 2.37. The van der Waals surface area contributed by atoms with Crippen LogP contribution in [0.1, 0.15) is 12.8 Å². The number of amides is 1. The van der Waals surface area contributed by atoms with Crippen LogP contribution in [0, 0.1) is 5.82 Å². The largest absolute Gasteiger partial charge is 0.437 e. The van der Waals surface area contributed by atoms with Crippen molar-refractivity contribution in [3.8, 4) is 11.6 Å². The van der Waals surface area contributed by atoms with Crippen LogP contribution in [0.2, 0.25) is 0 Å². The molecule has 0 atom stereocenters. The SMILES string of the molecule is CNC(=O)CCCN(C)c1cncc(Oc2ccc(F)cc2)n1. The van der Waals surface area contributed by atoms with Crippen molar-refractivity contribution in [3.63, 3.8) is 0 Å². The number of nitrogens with one attached hydrogen (secondary N) is 1. The molecule has 1 heterocycles. The number of ether oxygens (including phenoxy) is 1. The molecular formula is C16H19FN4O2. The van der Waals surface area contributed by atoms with Crippen LogP contribution in [0.4, 0.5) is 10.2 Å². The van der Waals surface area contributed by atoms with Crippen molar-refractivity contribution in [2.75, 3.05) is 25.5 Å². The zero-order valence-corrected chi connectivity index (χ0v) is 13.1. The predicted molar refractivity (Wildman–Crippen MR) is 85.1 cm³/mol. The Morgan fingerprint density at radius 2 is 2.04 bits per heavy atom. The number of nitrogens with zero attached hydrogens (tertiary/aromatic N) is 3. The van der Waals surface area contributed by atoms with E-state index in [-0.39, 0.29) is 11.7 Å². The Labute approximate surface area is 134 Å². The van der Waals surface area contributed by atoms with Gasteiger partial charge in [0.25, 0.3) is 0 Å². The molecule has 0 spiro atoms. The Hall–Kier alpha value is -2.70. The number of rotatable bonds is 7. The molecule has 0 unspecified atom stereocenters. The lowest BCUT2D eigenvalue weighted by atomic mass is 10.3. The summed E-state index contributed by atoms with van der Waals surface area (Å²) in [6.07, 6.45) is 4.28. The van der Waals surface area contributed by atoms with E-state index >= 15 is 0 Å². The van der Waals surface area contributed by atoms with Crippen molar-refractivity contribution in [3.05, 3.63) is 42.5 Å². The quantitative estimate of drug-likeness (QED) is 0.849. The smallest absolute Gasteiger partial charge is 0.239 e. The van der Waals surface area contributed by atoms with Gasteiger partial charge in [0.1, 0.15) is 11.6 Å². The molecule has 0 saturated carbocycles. The Bertz CT molecular complexity index is 649.